The average Bonchev–Trinajstić information content (AvgIpc) is 3.97. The molecule has 3 saturated heterocycles. The van der Waals surface area contributed by atoms with Gasteiger partial charge in [-0.3, -0.25) is 14.3 Å². The van der Waals surface area contributed by atoms with Crippen molar-refractivity contribution >= 4 is 8.53 Å². The fourth-order valence-corrected chi connectivity index (χ4v) is 10.6. The molecule has 52 heavy (non-hydrogen) atoms. The number of halogens is 1. The first kappa shape index (κ1) is 35.1. The molecule has 4 aliphatic rings. The summed E-state index contributed by atoms with van der Waals surface area (Å²) in [6.45, 7) is 0.697. The van der Waals surface area contributed by atoms with Crippen molar-refractivity contribution in [2.75, 3.05) is 27.4 Å². The van der Waals surface area contributed by atoms with Crippen LogP contribution in [0.4, 0.5) is 4.39 Å². The van der Waals surface area contributed by atoms with Crippen LogP contribution in [0.15, 0.2) is 101 Å². The van der Waals surface area contributed by atoms with Crippen LogP contribution in [0.2, 0.25) is 0 Å². The van der Waals surface area contributed by atoms with Gasteiger partial charge in [-0.15, -0.1) is 0 Å². The van der Waals surface area contributed by atoms with Crippen molar-refractivity contribution in [3.63, 3.8) is 0 Å². The molecular weight excluding hydrogens is 688 g/mol. The second-order valence-corrected chi connectivity index (χ2v) is 15.2. The Morgan fingerprint density at radius 2 is 1.52 bits per heavy atom. The molecule has 1 aromatic heterocycles. The van der Waals surface area contributed by atoms with E-state index in [0.717, 1.165) is 66.3 Å². The van der Waals surface area contributed by atoms with Gasteiger partial charge in [0.25, 0.3) is 14.1 Å². The van der Waals surface area contributed by atoms with Crippen molar-refractivity contribution in [2.45, 2.75) is 80.4 Å². The molecule has 0 amide bonds. The molecule has 3 aliphatic heterocycles. The third kappa shape index (κ3) is 6.19. The average molecular weight is 732 g/mol. The number of hydrogen-bond acceptors (Lipinski definition) is 9. The Morgan fingerprint density at radius 1 is 0.885 bits per heavy atom. The minimum absolute atomic E-state index is 0.121. The number of hydrogen-bond donors (Lipinski definition) is 1. The summed E-state index contributed by atoms with van der Waals surface area (Å²) < 4.78 is 58.3. The number of H-pyrrole nitrogens is 1. The summed E-state index contributed by atoms with van der Waals surface area (Å²) in [5.74, 6) is 1.36. The van der Waals surface area contributed by atoms with E-state index in [1.54, 1.807) is 14.2 Å². The number of ether oxygens (including phenoxy) is 4. The minimum atomic E-state index is -1.78. The van der Waals surface area contributed by atoms with E-state index >= 15 is 4.39 Å². The third-order valence-corrected chi connectivity index (χ3v) is 12.8. The first-order chi connectivity index (χ1) is 25.3. The first-order valence-electron chi connectivity index (χ1n) is 17.9. The summed E-state index contributed by atoms with van der Waals surface area (Å²) in [4.78, 5) is 27.1. The number of alkyl halides is 1. The van der Waals surface area contributed by atoms with Crippen molar-refractivity contribution in [1.29, 1.82) is 0 Å². The molecule has 274 valence electrons. The van der Waals surface area contributed by atoms with Gasteiger partial charge in [0.2, 0.25) is 0 Å². The number of rotatable bonds is 11. The van der Waals surface area contributed by atoms with E-state index in [1.165, 1.54) is 12.3 Å². The lowest BCUT2D eigenvalue weighted by Crippen LogP contribution is -2.40. The second-order valence-electron chi connectivity index (χ2n) is 13.8. The Kier molecular flexibility index (Phi) is 9.80. The number of methoxy groups -OCH3 is 2. The van der Waals surface area contributed by atoms with E-state index < -0.39 is 50.0 Å². The smallest absolute Gasteiger partial charge is 0.330 e. The molecule has 1 saturated carbocycles. The Balaban J connectivity index is 1.18. The van der Waals surface area contributed by atoms with E-state index in [9.17, 15) is 9.59 Å². The van der Waals surface area contributed by atoms with Crippen LogP contribution in [0.3, 0.4) is 0 Å². The number of aromatic amines is 1. The van der Waals surface area contributed by atoms with Gasteiger partial charge < -0.3 is 28.0 Å². The maximum Gasteiger partial charge on any atom is 0.330 e. The first-order valence-corrected chi connectivity index (χ1v) is 19.0. The molecule has 8 rings (SSSR count). The number of nitrogens with zero attached hydrogens (tertiary/aromatic N) is 2. The molecule has 4 heterocycles. The Labute approximate surface area is 302 Å². The van der Waals surface area contributed by atoms with Crippen LogP contribution in [0, 0.1) is 0 Å². The SMILES string of the molecule is COc1ccc(C(OC[C@H]2O[C@@H](n3ccc(=O)[nH]c3=O)[C@H](F)[C@@H]2O[P@@]2OC3(CCCC3)[C@H]3CCCN32)(c2ccccc2)c2ccc(OC)cc2)cc1. The maximum atomic E-state index is 16.9. The largest absolute Gasteiger partial charge is 0.497 e. The van der Waals surface area contributed by atoms with E-state index in [4.69, 9.17) is 28.0 Å². The lowest BCUT2D eigenvalue weighted by atomic mass is 9.80. The molecule has 1 aliphatic carbocycles. The van der Waals surface area contributed by atoms with E-state index in [2.05, 4.69) is 9.65 Å². The van der Waals surface area contributed by atoms with Gasteiger partial charge in [0.05, 0.1) is 26.4 Å². The van der Waals surface area contributed by atoms with Gasteiger partial charge in [0.15, 0.2) is 12.4 Å². The Hall–Kier alpha value is -3.90. The molecule has 4 aromatic rings. The van der Waals surface area contributed by atoms with Crippen molar-refractivity contribution < 1.29 is 32.4 Å². The van der Waals surface area contributed by atoms with E-state index in [1.807, 2.05) is 78.9 Å². The normalized spacial score (nSPS) is 26.9. The van der Waals surface area contributed by atoms with Crippen LogP contribution < -0.4 is 20.7 Å². The zero-order chi connectivity index (χ0) is 35.9. The van der Waals surface area contributed by atoms with Gasteiger partial charge in [0.1, 0.15) is 29.3 Å². The lowest BCUT2D eigenvalue weighted by Gasteiger charge is -2.37. The molecular formula is C39H43FN3O8P. The summed E-state index contributed by atoms with van der Waals surface area (Å²) in [7, 11) is 1.62. The predicted molar refractivity (Wildman–Crippen MR) is 192 cm³/mol. The van der Waals surface area contributed by atoms with Crippen molar-refractivity contribution in [2.24, 2.45) is 0 Å². The summed E-state index contributed by atoms with van der Waals surface area (Å²) in [6.07, 6.45) is 2.15. The Bertz CT molecular complexity index is 1910. The molecule has 6 atom stereocenters. The standard InChI is InChI=1S/C39H43FN3O8P/c1-46-29-16-12-27(13-17-29)39(26-9-4-3-5-10-26,28-14-18-30(47-2)19-15-28)48-25-31-35(34(40)36(49-31)42-24-20-33(44)41-37(42)45)50-52-43-23-8-11-32(43)38(51-52)21-6-7-22-38/h3-5,9-10,12-20,24,31-32,34-36H,6-8,11,21-23,25H2,1-2H3,(H,41,44,45)/t31-,32-,34-,35-,36-,52+/m1/s1. The zero-order valence-electron chi connectivity index (χ0n) is 29.2. The fourth-order valence-electron chi connectivity index (χ4n) is 8.42. The van der Waals surface area contributed by atoms with Gasteiger partial charge in [-0.05, 0) is 66.6 Å². The van der Waals surface area contributed by atoms with Crippen LogP contribution in [0.1, 0.15) is 61.4 Å². The zero-order valence-corrected chi connectivity index (χ0v) is 30.1. The highest BCUT2D eigenvalue weighted by Crippen LogP contribution is 2.65. The molecule has 0 unspecified atom stereocenters. The van der Waals surface area contributed by atoms with Crippen LogP contribution in [0.25, 0.3) is 0 Å². The molecule has 1 N–H and O–H groups in total. The lowest BCUT2D eigenvalue weighted by molar-refractivity contribution is -0.0932. The molecule has 0 radical (unpaired) electrons. The summed E-state index contributed by atoms with van der Waals surface area (Å²) in [5.41, 5.74) is -0.400. The molecule has 3 aromatic carbocycles. The van der Waals surface area contributed by atoms with Gasteiger partial charge in [-0.2, -0.15) is 0 Å². The van der Waals surface area contributed by atoms with Crippen LogP contribution in [0.5, 0.6) is 11.5 Å². The van der Waals surface area contributed by atoms with Gasteiger partial charge in [-0.25, -0.2) is 13.9 Å². The number of benzene rings is 3. The summed E-state index contributed by atoms with van der Waals surface area (Å²) in [6, 6.07) is 26.5. The van der Waals surface area contributed by atoms with E-state index in [0.29, 0.717) is 11.5 Å². The molecule has 0 bridgehead atoms. The Morgan fingerprint density at radius 3 is 2.13 bits per heavy atom. The van der Waals surface area contributed by atoms with E-state index in [-0.39, 0.29) is 18.2 Å². The van der Waals surface area contributed by atoms with Crippen molar-refractivity contribution in [1.82, 2.24) is 14.2 Å². The monoisotopic (exact) mass is 731 g/mol. The molecule has 1 spiro atoms. The second kappa shape index (κ2) is 14.5. The minimum Gasteiger partial charge on any atom is -0.497 e. The quantitative estimate of drug-likeness (QED) is 0.142. The topological polar surface area (TPSA) is 113 Å². The highest BCUT2D eigenvalue weighted by atomic mass is 31.2. The molecule has 13 heteroatoms. The highest BCUT2D eigenvalue weighted by molar-refractivity contribution is 7.45. The maximum absolute atomic E-state index is 16.9. The van der Waals surface area contributed by atoms with Gasteiger partial charge in [-0.1, -0.05) is 67.4 Å². The van der Waals surface area contributed by atoms with Crippen molar-refractivity contribution in [3.05, 3.63) is 129 Å². The third-order valence-electron chi connectivity index (χ3n) is 11.0. The number of aromatic nitrogens is 2. The fraction of sp³-hybridized carbons (Fsp3) is 0.436. The summed E-state index contributed by atoms with van der Waals surface area (Å²) in [5, 5.41) is 0. The number of fused-ring (bicyclic) bond motifs is 2. The van der Waals surface area contributed by atoms with Gasteiger partial charge in [0, 0.05) is 24.8 Å². The predicted octanol–water partition coefficient (Wildman–Crippen LogP) is 6.22. The number of nitrogens with one attached hydrogen (secondary N) is 1. The van der Waals surface area contributed by atoms with Crippen LogP contribution >= 0.6 is 8.53 Å². The molecule has 4 fully saturated rings. The van der Waals surface area contributed by atoms with Gasteiger partial charge >= 0.3 is 5.69 Å². The molecule has 11 nitrogen and oxygen atoms in total. The van der Waals surface area contributed by atoms with Crippen molar-refractivity contribution in [3.8, 4) is 11.5 Å². The van der Waals surface area contributed by atoms with Crippen LogP contribution in [-0.4, -0.2) is 71.6 Å². The van der Waals surface area contributed by atoms with Crippen LogP contribution in [-0.2, 0) is 24.1 Å². The summed E-state index contributed by atoms with van der Waals surface area (Å²) >= 11 is 0. The highest BCUT2D eigenvalue weighted by Gasteiger charge is 2.60.